The highest BCUT2D eigenvalue weighted by Crippen LogP contribution is 2.28. The Morgan fingerprint density at radius 1 is 1.17 bits per heavy atom. The van der Waals surface area contributed by atoms with Gasteiger partial charge < -0.3 is 14.9 Å². The smallest absolute Gasteiger partial charge is 0.326 e. The SMILES string of the molecule is CC(C)N1C[C@H](C(=O)N2Cc3ccccc3C[C@@H]2C(=O)O)CC1=O. The van der Waals surface area contributed by atoms with E-state index in [4.69, 9.17) is 0 Å². The molecule has 0 spiro atoms. The second-order valence-corrected chi connectivity index (χ2v) is 6.83. The number of aliphatic carboxylic acids is 1. The first-order valence-corrected chi connectivity index (χ1v) is 8.28. The summed E-state index contributed by atoms with van der Waals surface area (Å²) in [4.78, 5) is 39.8. The van der Waals surface area contributed by atoms with E-state index >= 15 is 0 Å². The minimum atomic E-state index is -0.997. The highest BCUT2D eigenvalue weighted by molar-refractivity contribution is 5.91. The van der Waals surface area contributed by atoms with Gasteiger partial charge in [-0.25, -0.2) is 4.79 Å². The summed E-state index contributed by atoms with van der Waals surface area (Å²) < 4.78 is 0. The lowest BCUT2D eigenvalue weighted by molar-refractivity contribution is -0.153. The van der Waals surface area contributed by atoms with Crippen LogP contribution in [0.2, 0.25) is 0 Å². The van der Waals surface area contributed by atoms with Crippen LogP contribution in [0.25, 0.3) is 0 Å². The fourth-order valence-corrected chi connectivity index (χ4v) is 3.61. The van der Waals surface area contributed by atoms with Gasteiger partial charge in [-0.05, 0) is 25.0 Å². The lowest BCUT2D eigenvalue weighted by atomic mass is 9.92. The van der Waals surface area contributed by atoms with E-state index in [1.54, 1.807) is 4.90 Å². The van der Waals surface area contributed by atoms with Crippen LogP contribution in [0.5, 0.6) is 0 Å². The molecule has 1 aromatic rings. The number of carboxylic acid groups (broad SMARTS) is 1. The van der Waals surface area contributed by atoms with Gasteiger partial charge >= 0.3 is 5.97 Å². The Bertz CT molecular complexity index is 685. The minimum Gasteiger partial charge on any atom is -0.480 e. The van der Waals surface area contributed by atoms with Gasteiger partial charge in [0.25, 0.3) is 0 Å². The number of carbonyl (C=O) groups excluding carboxylic acids is 2. The molecular formula is C18H22N2O4. The second kappa shape index (κ2) is 6.26. The highest BCUT2D eigenvalue weighted by Gasteiger charge is 2.42. The highest BCUT2D eigenvalue weighted by atomic mass is 16.4. The summed E-state index contributed by atoms with van der Waals surface area (Å²) in [6.45, 7) is 4.50. The first-order valence-electron chi connectivity index (χ1n) is 8.28. The molecule has 1 N–H and O–H groups in total. The van der Waals surface area contributed by atoms with E-state index in [-0.39, 0.29) is 24.3 Å². The monoisotopic (exact) mass is 330 g/mol. The Labute approximate surface area is 141 Å². The van der Waals surface area contributed by atoms with E-state index in [1.165, 1.54) is 4.90 Å². The topological polar surface area (TPSA) is 77.9 Å². The Morgan fingerprint density at radius 2 is 1.83 bits per heavy atom. The average Bonchev–Trinajstić information content (AvgIpc) is 2.95. The molecule has 2 heterocycles. The molecule has 0 saturated carbocycles. The summed E-state index contributed by atoms with van der Waals surface area (Å²) in [5.74, 6) is -1.71. The molecule has 1 aromatic carbocycles. The predicted molar refractivity (Wildman–Crippen MR) is 87.1 cm³/mol. The maximum atomic E-state index is 12.9. The van der Waals surface area contributed by atoms with Gasteiger partial charge in [0.1, 0.15) is 6.04 Å². The number of nitrogens with zero attached hydrogens (tertiary/aromatic N) is 2. The molecule has 2 atom stereocenters. The predicted octanol–water partition coefficient (Wildman–Crippen LogP) is 1.28. The third-order valence-electron chi connectivity index (χ3n) is 4.95. The van der Waals surface area contributed by atoms with Crippen molar-refractivity contribution in [3.05, 3.63) is 35.4 Å². The van der Waals surface area contributed by atoms with Crippen molar-refractivity contribution in [3.8, 4) is 0 Å². The van der Waals surface area contributed by atoms with Crippen LogP contribution in [0.3, 0.4) is 0 Å². The number of fused-ring (bicyclic) bond motifs is 1. The van der Waals surface area contributed by atoms with Gasteiger partial charge in [-0.15, -0.1) is 0 Å². The first kappa shape index (κ1) is 16.5. The van der Waals surface area contributed by atoms with Crippen LogP contribution in [0, 0.1) is 5.92 Å². The normalized spacial score (nSPS) is 23.5. The van der Waals surface area contributed by atoms with Crippen molar-refractivity contribution in [3.63, 3.8) is 0 Å². The average molecular weight is 330 g/mol. The maximum absolute atomic E-state index is 12.9. The Kier molecular flexibility index (Phi) is 4.30. The summed E-state index contributed by atoms with van der Waals surface area (Å²) in [5, 5.41) is 9.55. The third kappa shape index (κ3) is 2.88. The molecule has 2 aliphatic rings. The van der Waals surface area contributed by atoms with Crippen molar-refractivity contribution in [1.82, 2.24) is 9.80 Å². The van der Waals surface area contributed by atoms with Gasteiger partial charge in [-0.1, -0.05) is 24.3 Å². The summed E-state index contributed by atoms with van der Waals surface area (Å²) in [5.41, 5.74) is 1.95. The van der Waals surface area contributed by atoms with Gasteiger partial charge in [-0.3, -0.25) is 9.59 Å². The molecule has 0 aromatic heterocycles. The largest absolute Gasteiger partial charge is 0.480 e. The molecule has 3 rings (SSSR count). The number of rotatable bonds is 3. The fraction of sp³-hybridized carbons (Fsp3) is 0.500. The lowest BCUT2D eigenvalue weighted by Crippen LogP contribution is -2.51. The molecule has 2 amide bonds. The van der Waals surface area contributed by atoms with E-state index in [2.05, 4.69) is 0 Å². The maximum Gasteiger partial charge on any atom is 0.326 e. The van der Waals surface area contributed by atoms with Crippen LogP contribution in [0.1, 0.15) is 31.4 Å². The molecule has 0 unspecified atom stereocenters. The quantitative estimate of drug-likeness (QED) is 0.906. The molecule has 2 aliphatic heterocycles. The van der Waals surface area contributed by atoms with E-state index in [9.17, 15) is 19.5 Å². The van der Waals surface area contributed by atoms with Crippen molar-refractivity contribution in [2.24, 2.45) is 5.92 Å². The van der Waals surface area contributed by atoms with Crippen LogP contribution in [0.4, 0.5) is 0 Å². The molecule has 24 heavy (non-hydrogen) atoms. The van der Waals surface area contributed by atoms with Gasteiger partial charge in [0.2, 0.25) is 11.8 Å². The van der Waals surface area contributed by atoms with Gasteiger partial charge in [-0.2, -0.15) is 0 Å². The first-order chi connectivity index (χ1) is 11.4. The Morgan fingerprint density at radius 3 is 2.42 bits per heavy atom. The number of carbonyl (C=O) groups is 3. The summed E-state index contributed by atoms with van der Waals surface area (Å²) in [7, 11) is 0. The zero-order chi connectivity index (χ0) is 17.4. The zero-order valence-electron chi connectivity index (χ0n) is 13.9. The van der Waals surface area contributed by atoms with Crippen molar-refractivity contribution >= 4 is 17.8 Å². The molecule has 128 valence electrons. The van der Waals surface area contributed by atoms with Crippen LogP contribution in [-0.2, 0) is 27.3 Å². The van der Waals surface area contributed by atoms with E-state index < -0.39 is 17.9 Å². The van der Waals surface area contributed by atoms with Crippen LogP contribution < -0.4 is 0 Å². The van der Waals surface area contributed by atoms with E-state index in [0.717, 1.165) is 11.1 Å². The van der Waals surface area contributed by atoms with Crippen molar-refractivity contribution < 1.29 is 19.5 Å². The standard InChI is InChI=1S/C18H22N2O4/c1-11(2)19-10-14(8-16(19)21)17(22)20-9-13-6-4-3-5-12(13)7-15(20)18(23)24/h3-6,11,14-15H,7-10H2,1-2H3,(H,23,24)/t14-,15-/m1/s1. The second-order valence-electron chi connectivity index (χ2n) is 6.83. The number of amides is 2. The van der Waals surface area contributed by atoms with Crippen LogP contribution in [0.15, 0.2) is 24.3 Å². The third-order valence-corrected chi connectivity index (χ3v) is 4.95. The summed E-state index contributed by atoms with van der Waals surface area (Å²) in [6.07, 6.45) is 0.479. The van der Waals surface area contributed by atoms with E-state index in [1.807, 2.05) is 38.1 Å². The molecule has 6 heteroatoms. The molecule has 0 bridgehead atoms. The zero-order valence-corrected chi connectivity index (χ0v) is 13.9. The molecule has 0 radical (unpaired) electrons. The molecule has 0 aliphatic carbocycles. The lowest BCUT2D eigenvalue weighted by Gasteiger charge is -2.36. The molecular weight excluding hydrogens is 308 g/mol. The minimum absolute atomic E-state index is 0.0346. The van der Waals surface area contributed by atoms with Gasteiger partial charge in [0.15, 0.2) is 0 Å². The van der Waals surface area contributed by atoms with Crippen molar-refractivity contribution in [2.75, 3.05) is 6.54 Å². The van der Waals surface area contributed by atoms with Crippen molar-refractivity contribution in [1.29, 1.82) is 0 Å². The Hall–Kier alpha value is -2.37. The number of carboxylic acids is 1. The van der Waals surface area contributed by atoms with Crippen molar-refractivity contribution in [2.45, 2.75) is 45.3 Å². The molecule has 6 nitrogen and oxygen atoms in total. The van der Waals surface area contributed by atoms with E-state index in [0.29, 0.717) is 19.5 Å². The number of hydrogen-bond donors (Lipinski definition) is 1. The number of benzene rings is 1. The van der Waals surface area contributed by atoms with Gasteiger partial charge in [0.05, 0.1) is 5.92 Å². The number of likely N-dealkylation sites (tertiary alicyclic amines) is 1. The van der Waals surface area contributed by atoms with Crippen LogP contribution in [-0.4, -0.2) is 51.3 Å². The summed E-state index contributed by atoms with van der Waals surface area (Å²) >= 11 is 0. The Balaban J connectivity index is 1.83. The molecule has 1 fully saturated rings. The summed E-state index contributed by atoms with van der Waals surface area (Å²) in [6, 6.07) is 6.79. The number of hydrogen-bond acceptors (Lipinski definition) is 3. The molecule has 1 saturated heterocycles. The fourth-order valence-electron chi connectivity index (χ4n) is 3.61. The van der Waals surface area contributed by atoms with Crippen LogP contribution >= 0.6 is 0 Å². The van der Waals surface area contributed by atoms with Gasteiger partial charge in [0, 0.05) is 32.0 Å².